The molecule has 2 aromatic carbocycles. The third kappa shape index (κ3) is 2.67. The van der Waals surface area contributed by atoms with Crippen molar-refractivity contribution < 1.29 is 0 Å². The number of rotatable bonds is 3. The molecule has 6 heteroatoms. The van der Waals surface area contributed by atoms with Crippen LogP contribution in [0.15, 0.2) is 53.7 Å². The highest BCUT2D eigenvalue weighted by molar-refractivity contribution is 6.07. The van der Waals surface area contributed by atoms with E-state index in [4.69, 9.17) is 5.84 Å². The highest BCUT2D eigenvalue weighted by atomic mass is 15.1. The molecule has 4 N–H and O–H groups in total. The summed E-state index contributed by atoms with van der Waals surface area (Å²) in [5.41, 5.74) is 6.65. The second kappa shape index (κ2) is 5.90. The van der Waals surface area contributed by atoms with Crippen LogP contribution in [0, 0.1) is 6.92 Å². The highest BCUT2D eigenvalue weighted by Crippen LogP contribution is 2.26. The summed E-state index contributed by atoms with van der Waals surface area (Å²) in [7, 11) is 0. The highest BCUT2D eigenvalue weighted by Gasteiger charge is 2.09. The number of hydrogen-bond donors (Lipinski definition) is 3. The fraction of sp³-hybridized carbons (Fsp3) is 0.105. The Hall–Kier alpha value is -3.41. The van der Waals surface area contributed by atoms with E-state index in [1.165, 1.54) is 0 Å². The van der Waals surface area contributed by atoms with Gasteiger partial charge in [0.25, 0.3) is 0 Å². The molecule has 0 fully saturated rings. The molecule has 4 rings (SSSR count). The number of benzene rings is 2. The van der Waals surface area contributed by atoms with Crippen LogP contribution < -0.4 is 5.84 Å². The van der Waals surface area contributed by atoms with Crippen LogP contribution in [0.5, 0.6) is 0 Å². The molecule has 0 radical (unpaired) electrons. The molecule has 124 valence electrons. The molecule has 4 aromatic rings. The minimum atomic E-state index is 0.620. The van der Waals surface area contributed by atoms with Gasteiger partial charge >= 0.3 is 0 Å². The Bertz CT molecular complexity index is 1130. The molecule has 0 amide bonds. The largest absolute Gasteiger partial charge is 0.342 e. The Labute approximate surface area is 144 Å². The number of aromatic nitrogens is 4. The number of nitrogens with one attached hydrogen (secondary N) is 2. The van der Waals surface area contributed by atoms with Crippen molar-refractivity contribution >= 4 is 27.8 Å². The van der Waals surface area contributed by atoms with E-state index in [0.717, 1.165) is 39.0 Å². The molecule has 0 saturated carbocycles. The van der Waals surface area contributed by atoms with Crippen LogP contribution >= 0.6 is 0 Å². The molecule has 0 aliphatic heterocycles. The van der Waals surface area contributed by atoms with Crippen molar-refractivity contribution in [1.82, 2.24) is 19.9 Å². The molecule has 0 aliphatic carbocycles. The number of nitrogens with two attached hydrogens (primary N) is 1. The average Bonchev–Trinajstić information content (AvgIpc) is 3.20. The third-order valence-electron chi connectivity index (χ3n) is 4.12. The molecule has 0 aliphatic rings. The van der Waals surface area contributed by atoms with Crippen LogP contribution in [0.3, 0.4) is 0 Å². The number of imidazole rings is 2. The van der Waals surface area contributed by atoms with Gasteiger partial charge < -0.3 is 15.8 Å². The van der Waals surface area contributed by atoms with Crippen LogP contribution in [0.1, 0.15) is 18.6 Å². The molecule has 0 atom stereocenters. The lowest BCUT2D eigenvalue weighted by atomic mass is 10.0. The second-order valence-corrected chi connectivity index (χ2v) is 5.89. The summed E-state index contributed by atoms with van der Waals surface area (Å²) in [6, 6.07) is 12.4. The first-order chi connectivity index (χ1) is 12.2. The fourth-order valence-corrected chi connectivity index (χ4v) is 2.96. The van der Waals surface area contributed by atoms with E-state index in [0.29, 0.717) is 11.5 Å². The number of fused-ring (bicyclic) bond motifs is 2. The van der Waals surface area contributed by atoms with E-state index in [1.54, 1.807) is 0 Å². The smallest absolute Gasteiger partial charge is 0.158 e. The molecule has 2 heterocycles. The van der Waals surface area contributed by atoms with E-state index in [-0.39, 0.29) is 0 Å². The first-order valence-electron chi connectivity index (χ1n) is 8.05. The van der Waals surface area contributed by atoms with Crippen molar-refractivity contribution in [2.45, 2.75) is 13.8 Å². The number of aromatic amines is 2. The van der Waals surface area contributed by atoms with Crippen LogP contribution in [0.4, 0.5) is 0 Å². The maximum Gasteiger partial charge on any atom is 0.158 e. The van der Waals surface area contributed by atoms with E-state index < -0.39 is 0 Å². The zero-order valence-corrected chi connectivity index (χ0v) is 14.0. The van der Waals surface area contributed by atoms with Crippen LogP contribution in [-0.2, 0) is 0 Å². The fourth-order valence-electron chi connectivity index (χ4n) is 2.96. The topological polar surface area (TPSA) is 95.7 Å². The summed E-state index contributed by atoms with van der Waals surface area (Å²) in [5, 5.41) is 3.79. The van der Waals surface area contributed by atoms with Crippen LogP contribution in [-0.4, -0.2) is 25.6 Å². The lowest BCUT2D eigenvalue weighted by molar-refractivity contribution is 1.17. The molecule has 25 heavy (non-hydrogen) atoms. The number of hydrazone groups is 1. The molecule has 2 aromatic heterocycles. The Balaban J connectivity index is 1.79. The Kier molecular flexibility index (Phi) is 3.57. The predicted molar refractivity (Wildman–Crippen MR) is 101 cm³/mol. The third-order valence-corrected chi connectivity index (χ3v) is 4.12. The Morgan fingerprint density at radius 3 is 2.60 bits per heavy atom. The molecule has 0 spiro atoms. The molecule has 0 bridgehead atoms. The summed E-state index contributed by atoms with van der Waals surface area (Å²) < 4.78 is 0. The van der Waals surface area contributed by atoms with Gasteiger partial charge in [-0.05, 0) is 55.3 Å². The number of H-pyrrole nitrogens is 2. The average molecular weight is 330 g/mol. The number of nitrogens with zero attached hydrogens (tertiary/aromatic N) is 3. The van der Waals surface area contributed by atoms with Crippen molar-refractivity contribution in [2.24, 2.45) is 10.9 Å². The Morgan fingerprint density at radius 1 is 1.00 bits per heavy atom. The monoisotopic (exact) mass is 330 g/mol. The summed E-state index contributed by atoms with van der Waals surface area (Å²) in [5.74, 6) is 7.03. The minimum absolute atomic E-state index is 0.620. The van der Waals surface area contributed by atoms with Gasteiger partial charge in [0.2, 0.25) is 0 Å². The zero-order chi connectivity index (χ0) is 17.4. The van der Waals surface area contributed by atoms with Gasteiger partial charge in [-0.3, -0.25) is 0 Å². The van der Waals surface area contributed by atoms with Crippen molar-refractivity contribution in [2.75, 3.05) is 0 Å². The van der Waals surface area contributed by atoms with E-state index in [1.807, 2.05) is 38.1 Å². The maximum absolute atomic E-state index is 5.46. The van der Waals surface area contributed by atoms with Gasteiger partial charge in [0.15, 0.2) is 5.82 Å². The molecule has 6 nitrogen and oxygen atoms in total. The first kappa shape index (κ1) is 15.1. The van der Waals surface area contributed by atoms with Crippen molar-refractivity contribution in [3.05, 3.63) is 60.2 Å². The molecular formula is C19H18N6. The van der Waals surface area contributed by atoms with E-state index in [2.05, 4.69) is 49.3 Å². The van der Waals surface area contributed by atoms with E-state index in [9.17, 15) is 0 Å². The Morgan fingerprint density at radius 2 is 1.80 bits per heavy atom. The predicted octanol–water partition coefficient (Wildman–Crippen LogP) is 3.65. The first-order valence-corrected chi connectivity index (χ1v) is 8.05. The van der Waals surface area contributed by atoms with Gasteiger partial charge in [0, 0.05) is 0 Å². The normalized spacial score (nSPS) is 12.6. The van der Waals surface area contributed by atoms with E-state index >= 15 is 0 Å². The summed E-state index contributed by atoms with van der Waals surface area (Å²) in [6.07, 6.45) is 3.71. The van der Waals surface area contributed by atoms with Crippen LogP contribution in [0.2, 0.25) is 0 Å². The zero-order valence-electron chi connectivity index (χ0n) is 14.0. The number of aryl methyl sites for hydroxylation is 1. The number of hydrogen-bond acceptors (Lipinski definition) is 4. The number of allylic oxidation sites excluding steroid dienone is 2. The molecule has 0 unspecified atom stereocenters. The van der Waals surface area contributed by atoms with Gasteiger partial charge in [-0.2, -0.15) is 5.10 Å². The van der Waals surface area contributed by atoms with Crippen molar-refractivity contribution in [3.63, 3.8) is 0 Å². The summed E-state index contributed by atoms with van der Waals surface area (Å²) >= 11 is 0. The lowest BCUT2D eigenvalue weighted by Gasteiger charge is -2.01. The van der Waals surface area contributed by atoms with Crippen LogP contribution in [0.25, 0.3) is 33.2 Å². The van der Waals surface area contributed by atoms with Gasteiger partial charge in [-0.15, -0.1) is 0 Å². The van der Waals surface area contributed by atoms with Gasteiger partial charge in [0.05, 0.1) is 22.1 Å². The minimum Gasteiger partial charge on any atom is -0.342 e. The maximum atomic E-state index is 5.46. The summed E-state index contributed by atoms with van der Waals surface area (Å²) in [4.78, 5) is 15.6. The summed E-state index contributed by atoms with van der Waals surface area (Å²) in [6.45, 7) is 3.87. The molecular weight excluding hydrogens is 312 g/mol. The molecule has 0 saturated heterocycles. The van der Waals surface area contributed by atoms with Crippen molar-refractivity contribution in [1.29, 1.82) is 0 Å². The standard InChI is InChI=1S/C19H18N6/c1-3-4-16(25-20)19-23-15-8-6-13(10-18(15)24-19)12-5-7-14-17(9-12)22-11(2)21-14/h3-10H,20H2,1-2H3,(H,21,22)(H,23,24)/b4-3?,25-16+. The van der Waals surface area contributed by atoms with Gasteiger partial charge in [-0.25, -0.2) is 9.97 Å². The second-order valence-electron chi connectivity index (χ2n) is 5.89. The SMILES string of the molecule is CC=C/C(=N\N)c1nc2cc(-c3ccc4nc(C)[nH]c4c3)ccc2[nH]1. The van der Waals surface area contributed by atoms with Gasteiger partial charge in [0.1, 0.15) is 11.5 Å². The quantitative estimate of drug-likeness (QED) is 0.304. The lowest BCUT2D eigenvalue weighted by Crippen LogP contribution is -2.02. The van der Waals surface area contributed by atoms with Gasteiger partial charge in [-0.1, -0.05) is 18.2 Å². The van der Waals surface area contributed by atoms with Crippen molar-refractivity contribution in [3.8, 4) is 11.1 Å².